The first kappa shape index (κ1) is 31.1. The zero-order chi connectivity index (χ0) is 30.6. The van der Waals surface area contributed by atoms with Crippen molar-refractivity contribution >= 4 is 29.0 Å². The Hall–Kier alpha value is -3.82. The Bertz CT molecular complexity index is 1410. The first-order valence-electron chi connectivity index (χ1n) is 13.9. The number of para-hydroxylation sites is 1. The standard InChI is InChI=1S/C33H37NO7S/c1-21-17-23(18-22(2)30(21)41-33(3,4)31(36)37)11-12-25-19-34(32(38)40-26-9-7-6-8-10-26)20-28(25)29(35)24-13-15-27(16-14-24)42(5)39/h6-10,13-18,25,28H,11-12,19-20H2,1-5H3,(H,36,37)/t25-,28-,42?/m0/s1. The second kappa shape index (κ2) is 13.0. The highest BCUT2D eigenvalue weighted by Gasteiger charge is 2.40. The van der Waals surface area contributed by atoms with Gasteiger partial charge in [0.05, 0.1) is 0 Å². The maximum absolute atomic E-state index is 13.7. The molecule has 9 heteroatoms. The van der Waals surface area contributed by atoms with E-state index in [0.717, 1.165) is 16.7 Å². The quantitative estimate of drug-likeness (QED) is 0.232. The maximum Gasteiger partial charge on any atom is 0.415 e. The van der Waals surface area contributed by atoms with Crippen LogP contribution < -0.4 is 9.47 Å². The van der Waals surface area contributed by atoms with Gasteiger partial charge in [-0.1, -0.05) is 30.3 Å². The van der Waals surface area contributed by atoms with Crippen LogP contribution in [0.4, 0.5) is 4.79 Å². The second-order valence-electron chi connectivity index (χ2n) is 11.3. The molecule has 3 aromatic carbocycles. The summed E-state index contributed by atoms with van der Waals surface area (Å²) in [5, 5.41) is 9.47. The number of ketones is 1. The highest BCUT2D eigenvalue weighted by Crippen LogP contribution is 2.34. The Morgan fingerprint density at radius 1 is 1.00 bits per heavy atom. The van der Waals surface area contributed by atoms with Crippen molar-refractivity contribution in [1.29, 1.82) is 0 Å². The first-order valence-corrected chi connectivity index (χ1v) is 15.4. The van der Waals surface area contributed by atoms with E-state index in [9.17, 15) is 24.0 Å². The Morgan fingerprint density at radius 3 is 2.19 bits per heavy atom. The lowest BCUT2D eigenvalue weighted by molar-refractivity contribution is -0.152. The van der Waals surface area contributed by atoms with E-state index in [2.05, 4.69) is 0 Å². The van der Waals surface area contributed by atoms with Crippen LogP contribution in [0.15, 0.2) is 71.6 Å². The molecule has 1 heterocycles. The molecule has 0 bridgehead atoms. The molecule has 42 heavy (non-hydrogen) atoms. The van der Waals surface area contributed by atoms with E-state index in [1.54, 1.807) is 59.7 Å². The molecule has 1 unspecified atom stereocenters. The lowest BCUT2D eigenvalue weighted by atomic mass is 9.84. The van der Waals surface area contributed by atoms with E-state index in [1.165, 1.54) is 13.8 Å². The summed E-state index contributed by atoms with van der Waals surface area (Å²) in [6.07, 6.45) is 2.42. The van der Waals surface area contributed by atoms with Crippen molar-refractivity contribution in [3.63, 3.8) is 0 Å². The number of carbonyl (C=O) groups excluding carboxylic acids is 2. The van der Waals surface area contributed by atoms with Crippen LogP contribution in [-0.2, 0) is 22.4 Å². The number of rotatable bonds is 10. The summed E-state index contributed by atoms with van der Waals surface area (Å²) >= 11 is -1.15. The van der Waals surface area contributed by atoms with E-state index >= 15 is 0 Å². The molecule has 0 aromatic heterocycles. The topological polar surface area (TPSA) is 116 Å². The average Bonchev–Trinajstić information content (AvgIpc) is 3.38. The number of benzene rings is 3. The van der Waals surface area contributed by atoms with E-state index in [0.29, 0.717) is 41.3 Å². The Balaban J connectivity index is 1.53. The fraction of sp³-hybridized carbons (Fsp3) is 0.364. The molecule has 3 aromatic rings. The maximum atomic E-state index is 13.7. The van der Waals surface area contributed by atoms with E-state index in [-0.39, 0.29) is 18.2 Å². The lowest BCUT2D eigenvalue weighted by Gasteiger charge is -2.25. The monoisotopic (exact) mass is 591 g/mol. The summed E-state index contributed by atoms with van der Waals surface area (Å²) in [7, 11) is 0. The molecule has 1 aliphatic rings. The number of ether oxygens (including phenoxy) is 2. The van der Waals surface area contributed by atoms with Crippen molar-refractivity contribution in [3.8, 4) is 11.5 Å². The lowest BCUT2D eigenvalue weighted by Crippen LogP contribution is -2.38. The highest BCUT2D eigenvalue weighted by atomic mass is 32.2. The molecule has 8 nitrogen and oxygen atoms in total. The molecule has 1 N–H and O–H groups in total. The predicted octanol–water partition coefficient (Wildman–Crippen LogP) is 5.85. The smallest absolute Gasteiger partial charge is 0.415 e. The third-order valence-electron chi connectivity index (χ3n) is 7.65. The van der Waals surface area contributed by atoms with Crippen molar-refractivity contribution in [2.24, 2.45) is 11.8 Å². The molecule has 1 amide bonds. The average molecular weight is 592 g/mol. The minimum absolute atomic E-state index is 0.0598. The van der Waals surface area contributed by atoms with Gasteiger partial charge in [0.1, 0.15) is 17.8 Å². The van der Waals surface area contributed by atoms with Gasteiger partial charge in [-0.15, -0.1) is 0 Å². The third-order valence-corrected chi connectivity index (χ3v) is 8.59. The van der Waals surface area contributed by atoms with Crippen molar-refractivity contribution in [1.82, 2.24) is 4.90 Å². The van der Waals surface area contributed by atoms with Gasteiger partial charge in [0, 0.05) is 24.6 Å². The van der Waals surface area contributed by atoms with Gasteiger partial charge in [0.2, 0.25) is 0 Å². The van der Waals surface area contributed by atoms with Crippen LogP contribution in [0.2, 0.25) is 0 Å². The number of hydrogen-bond donors (Lipinski definition) is 1. The van der Waals surface area contributed by atoms with Gasteiger partial charge in [0.15, 0.2) is 16.3 Å². The number of carboxylic acid groups (broad SMARTS) is 1. The van der Waals surface area contributed by atoms with Gasteiger partial charge >= 0.3 is 12.1 Å². The van der Waals surface area contributed by atoms with Crippen LogP contribution in [-0.4, -0.2) is 57.4 Å². The summed E-state index contributed by atoms with van der Waals surface area (Å²) < 4.78 is 23.2. The molecule has 0 spiro atoms. The summed E-state index contributed by atoms with van der Waals surface area (Å²) in [6.45, 7) is 7.43. The van der Waals surface area contributed by atoms with Crippen molar-refractivity contribution in [2.45, 2.75) is 51.0 Å². The molecule has 0 aliphatic carbocycles. The molecule has 1 fully saturated rings. The van der Waals surface area contributed by atoms with Gasteiger partial charge in [0.25, 0.3) is 0 Å². The Morgan fingerprint density at radius 2 is 1.62 bits per heavy atom. The molecule has 0 saturated carbocycles. The number of hydrogen-bond acceptors (Lipinski definition) is 6. The number of carbonyl (C=O) groups is 3. The largest absolute Gasteiger partial charge is 0.612 e. The number of amides is 1. The number of carboxylic acids is 1. The van der Waals surface area contributed by atoms with E-state index in [1.807, 2.05) is 32.0 Å². The summed E-state index contributed by atoms with van der Waals surface area (Å²) in [5.41, 5.74) is 1.86. The molecular formula is C33H37NO7S. The van der Waals surface area contributed by atoms with Crippen molar-refractivity contribution in [2.75, 3.05) is 19.3 Å². The van der Waals surface area contributed by atoms with Crippen molar-refractivity contribution in [3.05, 3.63) is 89.0 Å². The van der Waals surface area contributed by atoms with E-state index < -0.39 is 34.8 Å². The molecule has 1 saturated heterocycles. The summed E-state index contributed by atoms with van der Waals surface area (Å²) in [6, 6.07) is 19.6. The van der Waals surface area contributed by atoms with Gasteiger partial charge in [-0.05, 0) is 111 Å². The molecule has 0 radical (unpaired) electrons. The van der Waals surface area contributed by atoms with Crippen LogP contribution >= 0.6 is 0 Å². The molecule has 1 aliphatic heterocycles. The molecular weight excluding hydrogens is 554 g/mol. The number of aryl methyl sites for hydroxylation is 3. The molecule has 3 atom stereocenters. The van der Waals surface area contributed by atoms with Crippen LogP contribution in [0.25, 0.3) is 0 Å². The fourth-order valence-electron chi connectivity index (χ4n) is 5.28. The fourth-order valence-corrected chi connectivity index (χ4v) is 5.80. The molecule has 4 rings (SSSR count). The van der Waals surface area contributed by atoms with Gasteiger partial charge < -0.3 is 24.0 Å². The van der Waals surface area contributed by atoms with Gasteiger partial charge in [-0.2, -0.15) is 0 Å². The van der Waals surface area contributed by atoms with E-state index in [4.69, 9.17) is 9.47 Å². The zero-order valence-corrected chi connectivity index (χ0v) is 25.4. The van der Waals surface area contributed by atoms with Gasteiger partial charge in [-0.3, -0.25) is 4.79 Å². The summed E-state index contributed by atoms with van der Waals surface area (Å²) in [5.74, 6) is -0.649. The number of Topliss-reactive ketones (excluding diaryl/α,β-unsaturated/α-hetero) is 1. The number of aliphatic carboxylic acids is 1. The van der Waals surface area contributed by atoms with Crippen LogP contribution in [0.3, 0.4) is 0 Å². The third kappa shape index (κ3) is 7.33. The highest BCUT2D eigenvalue weighted by molar-refractivity contribution is 7.90. The number of likely N-dealkylation sites (tertiary alicyclic amines) is 1. The van der Waals surface area contributed by atoms with Crippen LogP contribution in [0, 0.1) is 25.7 Å². The van der Waals surface area contributed by atoms with Crippen LogP contribution in [0.1, 0.15) is 47.3 Å². The minimum atomic E-state index is -1.36. The Kier molecular flexibility index (Phi) is 9.64. The van der Waals surface area contributed by atoms with Crippen LogP contribution in [0.5, 0.6) is 11.5 Å². The molecule has 222 valence electrons. The predicted molar refractivity (Wildman–Crippen MR) is 161 cm³/mol. The SMILES string of the molecule is Cc1cc(CC[C@H]2CN(C(=O)Oc3ccccc3)C[C@@H]2C(=O)c2ccc([S+](C)[O-])cc2)cc(C)c1OC(C)(C)C(=O)O. The number of nitrogens with zero attached hydrogens (tertiary/aromatic N) is 1. The van der Waals surface area contributed by atoms with Crippen molar-refractivity contribution < 1.29 is 33.5 Å². The minimum Gasteiger partial charge on any atom is -0.612 e. The zero-order valence-electron chi connectivity index (χ0n) is 24.6. The summed E-state index contributed by atoms with van der Waals surface area (Å²) in [4.78, 5) is 40.6. The Labute approximate surface area is 249 Å². The normalized spacial score (nSPS) is 17.5. The second-order valence-corrected chi connectivity index (χ2v) is 12.7. The first-order chi connectivity index (χ1) is 19.9. The van der Waals surface area contributed by atoms with Gasteiger partial charge in [-0.25, -0.2) is 9.59 Å².